The molecule has 18 heavy (non-hydrogen) atoms. The zero-order valence-electron chi connectivity index (χ0n) is 9.65. The highest BCUT2D eigenvalue weighted by Gasteiger charge is 2.09. The molecule has 4 nitrogen and oxygen atoms in total. The molecule has 0 atom stereocenters. The Morgan fingerprint density at radius 3 is 2.72 bits per heavy atom. The first-order valence-electron chi connectivity index (χ1n) is 5.25. The summed E-state index contributed by atoms with van der Waals surface area (Å²) in [6.07, 6.45) is 1.51. The van der Waals surface area contributed by atoms with Gasteiger partial charge in [-0.25, -0.2) is 13.8 Å². The van der Waals surface area contributed by atoms with Crippen molar-refractivity contribution in [3.05, 3.63) is 47.3 Å². The summed E-state index contributed by atoms with van der Waals surface area (Å²) < 4.78 is 31.2. The highest BCUT2D eigenvalue weighted by molar-refractivity contribution is 5.28. The molecule has 0 saturated carbocycles. The number of nitrogens with two attached hydrogens (primary N) is 1. The Morgan fingerprint density at radius 2 is 2.11 bits per heavy atom. The van der Waals surface area contributed by atoms with Crippen molar-refractivity contribution in [1.29, 1.82) is 0 Å². The monoisotopic (exact) mass is 251 g/mol. The molecule has 0 bridgehead atoms. The minimum atomic E-state index is -0.806. The predicted molar refractivity (Wildman–Crippen MR) is 61.1 cm³/mol. The quantitative estimate of drug-likeness (QED) is 0.909. The molecule has 2 N–H and O–H groups in total. The molecule has 94 valence electrons. The minimum Gasteiger partial charge on any atom is -0.421 e. The highest BCUT2D eigenvalue weighted by Crippen LogP contribution is 2.22. The van der Waals surface area contributed by atoms with E-state index in [1.165, 1.54) is 12.3 Å². The number of benzene rings is 1. The second-order valence-corrected chi connectivity index (χ2v) is 3.64. The Hall–Kier alpha value is -2.08. The van der Waals surface area contributed by atoms with E-state index >= 15 is 0 Å². The Labute approximate surface area is 102 Å². The standard InChI is InChI=1S/C12H11F2N3O/c1-7-8(5-15)6-16-12(17-7)18-11-3-2-9(13)4-10(11)14/h2-4,6H,5,15H2,1H3. The first kappa shape index (κ1) is 12.4. The fourth-order valence-electron chi connectivity index (χ4n) is 1.38. The minimum absolute atomic E-state index is 0.00444. The maximum Gasteiger partial charge on any atom is 0.322 e. The van der Waals surface area contributed by atoms with Crippen molar-refractivity contribution in [2.45, 2.75) is 13.5 Å². The highest BCUT2D eigenvalue weighted by atomic mass is 19.1. The Kier molecular flexibility index (Phi) is 3.47. The van der Waals surface area contributed by atoms with E-state index in [0.29, 0.717) is 12.2 Å². The molecule has 1 aromatic carbocycles. The number of aromatic nitrogens is 2. The third-order valence-electron chi connectivity index (χ3n) is 2.37. The average molecular weight is 251 g/mol. The molecule has 0 fully saturated rings. The van der Waals surface area contributed by atoms with Gasteiger partial charge in [-0.2, -0.15) is 4.98 Å². The van der Waals surface area contributed by atoms with Gasteiger partial charge in [0.05, 0.1) is 0 Å². The van der Waals surface area contributed by atoms with Crippen LogP contribution in [-0.4, -0.2) is 9.97 Å². The van der Waals surface area contributed by atoms with E-state index in [9.17, 15) is 8.78 Å². The van der Waals surface area contributed by atoms with Crippen molar-refractivity contribution in [3.8, 4) is 11.8 Å². The van der Waals surface area contributed by atoms with Crippen LogP contribution in [0.5, 0.6) is 11.8 Å². The van der Waals surface area contributed by atoms with Gasteiger partial charge in [0.1, 0.15) is 5.82 Å². The van der Waals surface area contributed by atoms with Gasteiger partial charge in [0.2, 0.25) is 0 Å². The van der Waals surface area contributed by atoms with Gasteiger partial charge in [0.25, 0.3) is 0 Å². The molecule has 1 heterocycles. The molecule has 0 amide bonds. The molecule has 0 saturated heterocycles. The second kappa shape index (κ2) is 5.05. The summed E-state index contributed by atoms with van der Waals surface area (Å²) in [5, 5.41) is 0. The van der Waals surface area contributed by atoms with E-state index in [4.69, 9.17) is 10.5 Å². The maximum absolute atomic E-state index is 13.3. The molecule has 0 spiro atoms. The van der Waals surface area contributed by atoms with Crippen molar-refractivity contribution in [2.75, 3.05) is 0 Å². The van der Waals surface area contributed by atoms with Gasteiger partial charge < -0.3 is 10.5 Å². The zero-order valence-corrected chi connectivity index (χ0v) is 9.65. The van der Waals surface area contributed by atoms with Crippen LogP contribution in [0.2, 0.25) is 0 Å². The van der Waals surface area contributed by atoms with Crippen molar-refractivity contribution < 1.29 is 13.5 Å². The van der Waals surface area contributed by atoms with Crippen LogP contribution >= 0.6 is 0 Å². The van der Waals surface area contributed by atoms with Crippen LogP contribution in [0, 0.1) is 18.6 Å². The molecular weight excluding hydrogens is 240 g/mol. The Balaban J connectivity index is 2.26. The lowest BCUT2D eigenvalue weighted by molar-refractivity contribution is 0.406. The molecule has 6 heteroatoms. The van der Waals surface area contributed by atoms with Gasteiger partial charge >= 0.3 is 6.01 Å². The smallest absolute Gasteiger partial charge is 0.322 e. The molecular formula is C12H11F2N3O. The van der Waals surface area contributed by atoms with Crippen LogP contribution in [-0.2, 0) is 6.54 Å². The number of nitrogens with zero attached hydrogens (tertiary/aromatic N) is 2. The van der Waals surface area contributed by atoms with Crippen molar-refractivity contribution in [3.63, 3.8) is 0 Å². The molecule has 2 aromatic rings. The van der Waals surface area contributed by atoms with E-state index in [1.807, 2.05) is 0 Å². The third-order valence-corrected chi connectivity index (χ3v) is 2.37. The average Bonchev–Trinajstić information content (AvgIpc) is 2.33. The first-order valence-corrected chi connectivity index (χ1v) is 5.25. The number of hydrogen-bond donors (Lipinski definition) is 1. The van der Waals surface area contributed by atoms with Gasteiger partial charge in [-0.1, -0.05) is 0 Å². The number of ether oxygens (including phenoxy) is 1. The van der Waals surface area contributed by atoms with E-state index < -0.39 is 11.6 Å². The van der Waals surface area contributed by atoms with Crippen molar-refractivity contribution in [2.24, 2.45) is 5.73 Å². The van der Waals surface area contributed by atoms with Crippen LogP contribution in [0.1, 0.15) is 11.3 Å². The topological polar surface area (TPSA) is 61.0 Å². The van der Waals surface area contributed by atoms with Gasteiger partial charge in [-0.3, -0.25) is 0 Å². The van der Waals surface area contributed by atoms with E-state index in [2.05, 4.69) is 9.97 Å². The summed E-state index contributed by atoms with van der Waals surface area (Å²) in [6, 6.07) is 3.01. The second-order valence-electron chi connectivity index (χ2n) is 3.64. The normalized spacial score (nSPS) is 10.4. The van der Waals surface area contributed by atoms with Gasteiger partial charge in [0, 0.05) is 30.1 Å². The summed E-state index contributed by atoms with van der Waals surface area (Å²) in [5.41, 5.74) is 6.91. The molecule has 0 aliphatic rings. The molecule has 2 rings (SSSR count). The summed E-state index contributed by atoms with van der Waals surface area (Å²) in [5.74, 6) is -1.61. The number of hydrogen-bond acceptors (Lipinski definition) is 4. The number of halogens is 2. The summed E-state index contributed by atoms with van der Waals surface area (Å²) >= 11 is 0. The van der Waals surface area contributed by atoms with E-state index in [-0.39, 0.29) is 11.8 Å². The lowest BCUT2D eigenvalue weighted by Crippen LogP contribution is -2.03. The van der Waals surface area contributed by atoms with E-state index in [0.717, 1.165) is 17.7 Å². The molecule has 0 aliphatic heterocycles. The van der Waals surface area contributed by atoms with Crippen LogP contribution in [0.25, 0.3) is 0 Å². The zero-order chi connectivity index (χ0) is 13.1. The number of aryl methyl sites for hydroxylation is 1. The van der Waals surface area contributed by atoms with Gasteiger partial charge in [-0.05, 0) is 19.1 Å². The summed E-state index contributed by atoms with van der Waals surface area (Å²) in [6.45, 7) is 2.06. The van der Waals surface area contributed by atoms with E-state index in [1.54, 1.807) is 6.92 Å². The van der Waals surface area contributed by atoms with Gasteiger partial charge in [-0.15, -0.1) is 0 Å². The molecule has 0 radical (unpaired) electrons. The summed E-state index contributed by atoms with van der Waals surface area (Å²) in [4.78, 5) is 7.92. The SMILES string of the molecule is Cc1nc(Oc2ccc(F)cc2F)ncc1CN. The Bertz CT molecular complexity index is 575. The van der Waals surface area contributed by atoms with Crippen LogP contribution < -0.4 is 10.5 Å². The van der Waals surface area contributed by atoms with Crippen LogP contribution in [0.15, 0.2) is 24.4 Å². The number of rotatable bonds is 3. The third kappa shape index (κ3) is 2.60. The molecule has 0 unspecified atom stereocenters. The van der Waals surface area contributed by atoms with Crippen molar-refractivity contribution >= 4 is 0 Å². The lowest BCUT2D eigenvalue weighted by Gasteiger charge is -2.07. The fraction of sp³-hybridized carbons (Fsp3) is 0.167. The molecule has 1 aromatic heterocycles. The predicted octanol–water partition coefficient (Wildman–Crippen LogP) is 2.31. The van der Waals surface area contributed by atoms with Crippen molar-refractivity contribution in [1.82, 2.24) is 9.97 Å². The lowest BCUT2D eigenvalue weighted by atomic mass is 10.2. The van der Waals surface area contributed by atoms with Crippen LogP contribution in [0.3, 0.4) is 0 Å². The fourth-order valence-corrected chi connectivity index (χ4v) is 1.38. The largest absolute Gasteiger partial charge is 0.421 e. The van der Waals surface area contributed by atoms with Gasteiger partial charge in [0.15, 0.2) is 11.6 Å². The summed E-state index contributed by atoms with van der Waals surface area (Å²) in [7, 11) is 0. The Morgan fingerprint density at radius 1 is 1.33 bits per heavy atom. The maximum atomic E-state index is 13.3. The van der Waals surface area contributed by atoms with Crippen LogP contribution in [0.4, 0.5) is 8.78 Å². The first-order chi connectivity index (χ1) is 8.60. The molecule has 0 aliphatic carbocycles.